The molecule has 2 aliphatic heterocycles. The van der Waals surface area contributed by atoms with Gasteiger partial charge in [-0.2, -0.15) is 0 Å². The highest BCUT2D eigenvalue weighted by molar-refractivity contribution is 5.78. The topological polar surface area (TPSA) is 53.6 Å². The summed E-state index contributed by atoms with van der Waals surface area (Å²) in [6.45, 7) is 9.64. The molecule has 0 aromatic heterocycles. The predicted octanol–water partition coefficient (Wildman–Crippen LogP) is 0.211. The van der Waals surface area contributed by atoms with Crippen LogP contribution in [-0.2, 0) is 9.53 Å². The van der Waals surface area contributed by atoms with E-state index in [9.17, 15) is 4.79 Å². The van der Waals surface area contributed by atoms with E-state index in [1.165, 1.54) is 0 Å². The molecule has 2 rings (SSSR count). The minimum absolute atomic E-state index is 0.133. The number of hydrogen-bond acceptors (Lipinski definition) is 4. The number of nitrogens with zero attached hydrogens (tertiary/aromatic N) is 1. The predicted molar refractivity (Wildman–Crippen MR) is 75.1 cm³/mol. The van der Waals surface area contributed by atoms with Crippen molar-refractivity contribution in [2.24, 2.45) is 5.92 Å². The van der Waals surface area contributed by atoms with Crippen LogP contribution in [0.25, 0.3) is 0 Å². The van der Waals surface area contributed by atoms with Crippen LogP contribution in [0, 0.1) is 5.92 Å². The van der Waals surface area contributed by atoms with Crippen LogP contribution in [0.3, 0.4) is 0 Å². The van der Waals surface area contributed by atoms with Crippen LogP contribution in [0.5, 0.6) is 0 Å². The third kappa shape index (κ3) is 4.44. The summed E-state index contributed by atoms with van der Waals surface area (Å²) in [5.41, 5.74) is 0. The Hall–Kier alpha value is -0.650. The molecule has 0 saturated carbocycles. The number of ether oxygens (including phenoxy) is 1. The third-order valence-corrected chi connectivity index (χ3v) is 4.14. The number of rotatable bonds is 4. The molecule has 0 aromatic carbocycles. The fraction of sp³-hybridized carbons (Fsp3) is 0.929. The fourth-order valence-electron chi connectivity index (χ4n) is 2.79. The van der Waals surface area contributed by atoms with E-state index in [1.54, 1.807) is 0 Å². The smallest absolute Gasteiger partial charge is 0.223 e. The first-order valence-corrected chi connectivity index (χ1v) is 7.51. The first-order valence-electron chi connectivity index (χ1n) is 7.51. The Morgan fingerprint density at radius 2 is 2.16 bits per heavy atom. The molecule has 2 saturated heterocycles. The van der Waals surface area contributed by atoms with Crippen LogP contribution in [0.2, 0.25) is 0 Å². The van der Waals surface area contributed by atoms with Gasteiger partial charge in [0.25, 0.3) is 0 Å². The van der Waals surface area contributed by atoms with Crippen molar-refractivity contribution in [2.45, 2.75) is 38.8 Å². The Bertz CT molecular complexity index is 282. The van der Waals surface area contributed by atoms with Gasteiger partial charge >= 0.3 is 0 Å². The number of carbonyl (C=O) groups excluding carboxylic acids is 1. The molecular formula is C14H27N3O2. The number of likely N-dealkylation sites (tertiary alicyclic amines) is 1. The summed E-state index contributed by atoms with van der Waals surface area (Å²) >= 11 is 0. The summed E-state index contributed by atoms with van der Waals surface area (Å²) in [5.74, 6) is 0.393. The number of nitrogens with one attached hydrogen (secondary N) is 2. The Balaban J connectivity index is 1.66. The number of carbonyl (C=O) groups is 1. The minimum atomic E-state index is 0.133. The average molecular weight is 269 g/mol. The lowest BCUT2D eigenvalue weighted by Crippen LogP contribution is -2.48. The molecule has 0 aliphatic carbocycles. The zero-order valence-corrected chi connectivity index (χ0v) is 12.2. The second-order valence-electron chi connectivity index (χ2n) is 5.85. The summed E-state index contributed by atoms with van der Waals surface area (Å²) in [7, 11) is 0. The van der Waals surface area contributed by atoms with E-state index in [1.807, 2.05) is 0 Å². The van der Waals surface area contributed by atoms with Gasteiger partial charge in [0.05, 0.1) is 12.7 Å². The molecule has 5 nitrogen and oxygen atoms in total. The monoisotopic (exact) mass is 269 g/mol. The van der Waals surface area contributed by atoms with Gasteiger partial charge in [0.1, 0.15) is 0 Å². The molecular weight excluding hydrogens is 242 g/mol. The zero-order chi connectivity index (χ0) is 13.7. The van der Waals surface area contributed by atoms with Crippen LogP contribution in [0.15, 0.2) is 0 Å². The number of hydrogen-bond donors (Lipinski definition) is 2. The fourth-order valence-corrected chi connectivity index (χ4v) is 2.79. The van der Waals surface area contributed by atoms with E-state index in [4.69, 9.17) is 4.74 Å². The molecule has 110 valence electrons. The summed E-state index contributed by atoms with van der Waals surface area (Å²) in [4.78, 5) is 14.6. The van der Waals surface area contributed by atoms with Crippen molar-refractivity contribution in [2.75, 3.05) is 39.3 Å². The van der Waals surface area contributed by atoms with Gasteiger partial charge in [-0.3, -0.25) is 4.79 Å². The van der Waals surface area contributed by atoms with Crippen molar-refractivity contribution in [1.29, 1.82) is 0 Å². The second-order valence-corrected chi connectivity index (χ2v) is 5.85. The Morgan fingerprint density at radius 3 is 2.74 bits per heavy atom. The van der Waals surface area contributed by atoms with Gasteiger partial charge in [-0.05, 0) is 39.8 Å². The molecule has 2 fully saturated rings. The SMILES string of the molecule is CC(C)N1CCC(C(=O)NCC2CNCCO2)CC1. The lowest BCUT2D eigenvalue weighted by molar-refractivity contribution is -0.127. The summed E-state index contributed by atoms with van der Waals surface area (Å²) in [6, 6.07) is 0.589. The third-order valence-electron chi connectivity index (χ3n) is 4.14. The van der Waals surface area contributed by atoms with Crippen molar-refractivity contribution >= 4 is 5.91 Å². The number of piperidine rings is 1. The van der Waals surface area contributed by atoms with E-state index in [0.717, 1.165) is 45.6 Å². The summed E-state index contributed by atoms with van der Waals surface area (Å²) < 4.78 is 5.58. The Kier molecular flexibility index (Phi) is 5.60. The van der Waals surface area contributed by atoms with Gasteiger partial charge in [-0.1, -0.05) is 0 Å². The van der Waals surface area contributed by atoms with Crippen LogP contribution >= 0.6 is 0 Å². The first-order chi connectivity index (χ1) is 9.16. The molecule has 1 unspecified atom stereocenters. The van der Waals surface area contributed by atoms with Crippen molar-refractivity contribution in [3.63, 3.8) is 0 Å². The molecule has 2 aliphatic rings. The lowest BCUT2D eigenvalue weighted by Gasteiger charge is -2.34. The van der Waals surface area contributed by atoms with E-state index in [2.05, 4.69) is 29.4 Å². The number of morpholine rings is 1. The van der Waals surface area contributed by atoms with E-state index in [0.29, 0.717) is 12.6 Å². The first kappa shape index (κ1) is 14.8. The van der Waals surface area contributed by atoms with Gasteiger partial charge < -0.3 is 20.3 Å². The molecule has 0 spiro atoms. The molecule has 1 atom stereocenters. The lowest BCUT2D eigenvalue weighted by atomic mass is 9.95. The van der Waals surface area contributed by atoms with Crippen LogP contribution < -0.4 is 10.6 Å². The zero-order valence-electron chi connectivity index (χ0n) is 12.2. The van der Waals surface area contributed by atoms with Crippen molar-refractivity contribution < 1.29 is 9.53 Å². The Morgan fingerprint density at radius 1 is 1.42 bits per heavy atom. The van der Waals surface area contributed by atoms with Gasteiger partial charge in [-0.25, -0.2) is 0 Å². The second kappa shape index (κ2) is 7.22. The highest BCUT2D eigenvalue weighted by atomic mass is 16.5. The summed E-state index contributed by atoms with van der Waals surface area (Å²) in [5, 5.41) is 6.32. The molecule has 2 heterocycles. The molecule has 0 bridgehead atoms. The highest BCUT2D eigenvalue weighted by Gasteiger charge is 2.26. The van der Waals surface area contributed by atoms with E-state index >= 15 is 0 Å². The largest absolute Gasteiger partial charge is 0.374 e. The standard InChI is InChI=1S/C14H27N3O2/c1-11(2)17-6-3-12(4-7-17)14(18)16-10-13-9-15-5-8-19-13/h11-13,15H,3-10H2,1-2H3,(H,16,18). The maximum absolute atomic E-state index is 12.1. The molecule has 19 heavy (non-hydrogen) atoms. The van der Waals surface area contributed by atoms with E-state index < -0.39 is 0 Å². The van der Waals surface area contributed by atoms with Gasteiger partial charge in [-0.15, -0.1) is 0 Å². The van der Waals surface area contributed by atoms with Crippen LogP contribution in [0.4, 0.5) is 0 Å². The Labute approximate surface area is 116 Å². The van der Waals surface area contributed by atoms with E-state index in [-0.39, 0.29) is 17.9 Å². The maximum Gasteiger partial charge on any atom is 0.223 e. The van der Waals surface area contributed by atoms with Crippen molar-refractivity contribution in [1.82, 2.24) is 15.5 Å². The minimum Gasteiger partial charge on any atom is -0.374 e. The molecule has 0 radical (unpaired) electrons. The van der Waals surface area contributed by atoms with Gasteiger partial charge in [0.2, 0.25) is 5.91 Å². The van der Waals surface area contributed by atoms with Gasteiger partial charge in [0.15, 0.2) is 0 Å². The van der Waals surface area contributed by atoms with Gasteiger partial charge in [0, 0.05) is 31.6 Å². The highest BCUT2D eigenvalue weighted by Crippen LogP contribution is 2.18. The van der Waals surface area contributed by atoms with Crippen molar-refractivity contribution in [3.8, 4) is 0 Å². The van der Waals surface area contributed by atoms with Crippen molar-refractivity contribution in [3.05, 3.63) is 0 Å². The number of amides is 1. The van der Waals surface area contributed by atoms with Crippen LogP contribution in [-0.4, -0.2) is 62.3 Å². The molecule has 1 amide bonds. The summed E-state index contributed by atoms with van der Waals surface area (Å²) in [6.07, 6.45) is 2.09. The molecule has 0 aromatic rings. The normalized spacial score (nSPS) is 26.6. The average Bonchev–Trinajstić information content (AvgIpc) is 2.46. The maximum atomic E-state index is 12.1. The molecule has 2 N–H and O–H groups in total. The quantitative estimate of drug-likeness (QED) is 0.766. The van der Waals surface area contributed by atoms with Crippen LogP contribution in [0.1, 0.15) is 26.7 Å². The molecule has 5 heteroatoms.